The van der Waals surface area contributed by atoms with E-state index < -0.39 is 17.2 Å². The largest absolute Gasteiger partial charge is 0.342 e. The van der Waals surface area contributed by atoms with Crippen molar-refractivity contribution in [3.63, 3.8) is 0 Å². The van der Waals surface area contributed by atoms with Gasteiger partial charge in [0.1, 0.15) is 5.69 Å². The first kappa shape index (κ1) is 16.3. The number of aromatic nitrogens is 3. The molecule has 0 atom stereocenters. The molecule has 1 heterocycles. The number of benzene rings is 1. The van der Waals surface area contributed by atoms with Crippen molar-refractivity contribution in [3.05, 3.63) is 61.9 Å². The van der Waals surface area contributed by atoms with Crippen molar-refractivity contribution in [2.24, 2.45) is 5.10 Å². The number of H-pyrrole nitrogens is 2. The fourth-order valence-corrected chi connectivity index (χ4v) is 1.83. The number of carbonyl (C=O) groups is 1. The first-order valence-electron chi connectivity index (χ1n) is 7.05. The fraction of sp³-hybridized carbons (Fsp3) is 0.267. The van der Waals surface area contributed by atoms with Crippen LogP contribution >= 0.6 is 0 Å². The van der Waals surface area contributed by atoms with Crippen molar-refractivity contribution in [1.82, 2.24) is 20.6 Å². The van der Waals surface area contributed by atoms with E-state index in [2.05, 4.69) is 34.6 Å². The van der Waals surface area contributed by atoms with E-state index in [0.717, 1.165) is 5.56 Å². The van der Waals surface area contributed by atoms with Crippen molar-refractivity contribution < 1.29 is 4.79 Å². The van der Waals surface area contributed by atoms with Crippen LogP contribution in [0.3, 0.4) is 0 Å². The maximum Gasteiger partial charge on any atom is 0.342 e. The van der Waals surface area contributed by atoms with E-state index in [1.807, 2.05) is 29.2 Å². The summed E-state index contributed by atoms with van der Waals surface area (Å²) in [6.45, 7) is 4.21. The highest BCUT2D eigenvalue weighted by molar-refractivity contribution is 5.83. The van der Waals surface area contributed by atoms with Crippen LogP contribution in [-0.2, 0) is 11.2 Å². The standard InChI is InChI=1S/C15H17N5O3/c1-9(2)11-5-3-10(4-6-11)8-16-19-13(21)7-12-14(22)17-15(23)20-18-12/h3-6,8-9H,7H2,1-2H3,(H,19,21)(H2,17,20,22,23). The Balaban J connectivity index is 1.93. The Kier molecular flexibility index (Phi) is 5.19. The minimum atomic E-state index is -0.720. The molecule has 0 saturated carbocycles. The van der Waals surface area contributed by atoms with Crippen LogP contribution in [0.15, 0.2) is 39.0 Å². The number of amides is 1. The Labute approximate surface area is 131 Å². The van der Waals surface area contributed by atoms with Crippen LogP contribution in [0.5, 0.6) is 0 Å². The van der Waals surface area contributed by atoms with Gasteiger partial charge in [0.05, 0.1) is 12.6 Å². The first-order chi connectivity index (χ1) is 11.0. The normalized spacial score (nSPS) is 11.1. The van der Waals surface area contributed by atoms with Gasteiger partial charge in [-0.1, -0.05) is 38.1 Å². The molecule has 0 aliphatic heterocycles. The highest BCUT2D eigenvalue weighted by Gasteiger charge is 2.08. The molecule has 0 aliphatic carbocycles. The molecule has 2 rings (SSSR count). The molecule has 0 unspecified atom stereocenters. The number of aromatic amines is 2. The Bertz CT molecular complexity index is 818. The van der Waals surface area contributed by atoms with E-state index in [4.69, 9.17) is 0 Å². The monoisotopic (exact) mass is 315 g/mol. The minimum Gasteiger partial charge on any atom is -0.273 e. The zero-order valence-corrected chi connectivity index (χ0v) is 12.8. The molecule has 0 spiro atoms. The molecule has 1 amide bonds. The summed E-state index contributed by atoms with van der Waals surface area (Å²) >= 11 is 0. The summed E-state index contributed by atoms with van der Waals surface area (Å²) in [7, 11) is 0. The van der Waals surface area contributed by atoms with Gasteiger partial charge in [0.15, 0.2) is 0 Å². The molecule has 0 fully saturated rings. The maximum atomic E-state index is 11.7. The second kappa shape index (κ2) is 7.30. The summed E-state index contributed by atoms with van der Waals surface area (Å²) < 4.78 is 0. The molecule has 1 aromatic carbocycles. The minimum absolute atomic E-state index is 0.0846. The predicted molar refractivity (Wildman–Crippen MR) is 85.5 cm³/mol. The molecule has 120 valence electrons. The summed E-state index contributed by atoms with van der Waals surface area (Å²) in [5, 5.41) is 9.40. The average molecular weight is 315 g/mol. The molecule has 0 saturated heterocycles. The van der Waals surface area contributed by atoms with Crippen molar-refractivity contribution in [2.75, 3.05) is 0 Å². The molecule has 0 bridgehead atoms. The van der Waals surface area contributed by atoms with Crippen LogP contribution in [0.4, 0.5) is 0 Å². The predicted octanol–water partition coefficient (Wildman–Crippen LogP) is 0.274. The number of hydrazone groups is 1. The molecule has 8 nitrogen and oxygen atoms in total. The lowest BCUT2D eigenvalue weighted by atomic mass is 10.0. The number of nitrogens with zero attached hydrogens (tertiary/aromatic N) is 2. The van der Waals surface area contributed by atoms with E-state index in [1.54, 1.807) is 0 Å². The van der Waals surface area contributed by atoms with Gasteiger partial charge in [-0.2, -0.15) is 10.2 Å². The third-order valence-corrected chi connectivity index (χ3v) is 3.12. The van der Waals surface area contributed by atoms with Crippen LogP contribution in [-0.4, -0.2) is 27.3 Å². The molecule has 23 heavy (non-hydrogen) atoms. The number of hydrogen-bond acceptors (Lipinski definition) is 5. The molecule has 1 aromatic heterocycles. The average Bonchev–Trinajstić information content (AvgIpc) is 2.50. The van der Waals surface area contributed by atoms with E-state index in [-0.39, 0.29) is 12.1 Å². The van der Waals surface area contributed by atoms with Gasteiger partial charge in [-0.05, 0) is 17.0 Å². The van der Waals surface area contributed by atoms with Crippen LogP contribution in [0.25, 0.3) is 0 Å². The molecule has 0 radical (unpaired) electrons. The SMILES string of the molecule is CC(C)c1ccc(C=NNC(=O)Cc2n[nH]c(=O)[nH]c2=O)cc1. The van der Waals surface area contributed by atoms with Crippen LogP contribution in [0, 0.1) is 0 Å². The van der Waals surface area contributed by atoms with Gasteiger partial charge in [0.2, 0.25) is 5.91 Å². The van der Waals surface area contributed by atoms with Crippen molar-refractivity contribution >= 4 is 12.1 Å². The number of nitrogens with one attached hydrogen (secondary N) is 3. The molecular formula is C15H17N5O3. The van der Waals surface area contributed by atoms with Crippen molar-refractivity contribution in [1.29, 1.82) is 0 Å². The van der Waals surface area contributed by atoms with Crippen LogP contribution < -0.4 is 16.7 Å². The van der Waals surface area contributed by atoms with E-state index >= 15 is 0 Å². The summed E-state index contributed by atoms with van der Waals surface area (Å²) in [4.78, 5) is 35.9. The smallest absolute Gasteiger partial charge is 0.273 e. The lowest BCUT2D eigenvalue weighted by Gasteiger charge is -2.04. The van der Waals surface area contributed by atoms with Gasteiger partial charge in [-0.15, -0.1) is 0 Å². The zero-order chi connectivity index (χ0) is 16.8. The third-order valence-electron chi connectivity index (χ3n) is 3.12. The second-order valence-corrected chi connectivity index (χ2v) is 5.24. The van der Waals surface area contributed by atoms with Gasteiger partial charge < -0.3 is 0 Å². The van der Waals surface area contributed by atoms with Gasteiger partial charge in [-0.3, -0.25) is 14.6 Å². The Morgan fingerprint density at radius 1 is 1.30 bits per heavy atom. The zero-order valence-electron chi connectivity index (χ0n) is 12.8. The lowest BCUT2D eigenvalue weighted by Crippen LogP contribution is -2.31. The highest BCUT2D eigenvalue weighted by atomic mass is 16.2. The number of hydrogen-bond donors (Lipinski definition) is 3. The Hall–Kier alpha value is -3.03. The van der Waals surface area contributed by atoms with Crippen molar-refractivity contribution in [2.45, 2.75) is 26.2 Å². The molecule has 8 heteroatoms. The highest BCUT2D eigenvalue weighted by Crippen LogP contribution is 2.13. The van der Waals surface area contributed by atoms with Gasteiger partial charge in [-0.25, -0.2) is 15.3 Å². The molecule has 3 N–H and O–H groups in total. The van der Waals surface area contributed by atoms with Gasteiger partial charge in [0, 0.05) is 0 Å². The van der Waals surface area contributed by atoms with Crippen LogP contribution in [0.2, 0.25) is 0 Å². The maximum absolute atomic E-state index is 11.7. The molecule has 2 aromatic rings. The van der Waals surface area contributed by atoms with Crippen LogP contribution in [0.1, 0.15) is 36.6 Å². The summed E-state index contributed by atoms with van der Waals surface area (Å²) in [6.07, 6.45) is 1.22. The molecular weight excluding hydrogens is 298 g/mol. The van der Waals surface area contributed by atoms with Gasteiger partial charge in [0.25, 0.3) is 5.56 Å². The third kappa shape index (κ3) is 4.73. The number of carbonyl (C=O) groups excluding carboxylic acids is 1. The quantitative estimate of drug-likeness (QED) is 0.542. The van der Waals surface area contributed by atoms with Crippen molar-refractivity contribution in [3.8, 4) is 0 Å². The number of rotatable bonds is 5. The summed E-state index contributed by atoms with van der Waals surface area (Å²) in [5.74, 6) is -0.0614. The molecule has 0 aliphatic rings. The second-order valence-electron chi connectivity index (χ2n) is 5.24. The van der Waals surface area contributed by atoms with E-state index in [9.17, 15) is 14.4 Å². The lowest BCUT2D eigenvalue weighted by molar-refractivity contribution is -0.120. The summed E-state index contributed by atoms with van der Waals surface area (Å²) in [5.41, 5.74) is 2.86. The van der Waals surface area contributed by atoms with E-state index in [1.165, 1.54) is 11.8 Å². The Morgan fingerprint density at radius 2 is 2.00 bits per heavy atom. The first-order valence-corrected chi connectivity index (χ1v) is 7.05. The van der Waals surface area contributed by atoms with Gasteiger partial charge >= 0.3 is 5.69 Å². The summed E-state index contributed by atoms with van der Waals surface area (Å²) in [6, 6.07) is 7.80. The van der Waals surface area contributed by atoms with E-state index in [0.29, 0.717) is 5.92 Å². The fourth-order valence-electron chi connectivity index (χ4n) is 1.83. The Morgan fingerprint density at radius 3 is 2.61 bits per heavy atom. The topological polar surface area (TPSA) is 120 Å².